The SMILES string of the molecule is CC(C)(CNC(=O)[C@H]1CCCN1C(=O)COc1ccccc1)NCC(O)c1cc(OC(=O)C(C)(C)C)cc(OC(=O)C(C)(C)C)c1. The molecule has 1 fully saturated rings. The Kier molecular flexibility index (Phi) is 12.0. The van der Waals surface area contributed by atoms with Crippen LogP contribution in [0.25, 0.3) is 0 Å². The van der Waals surface area contributed by atoms with Gasteiger partial charge in [-0.25, -0.2) is 0 Å². The first-order valence-electron chi connectivity index (χ1n) is 15.6. The highest BCUT2D eigenvalue weighted by Crippen LogP contribution is 2.30. The van der Waals surface area contributed by atoms with E-state index in [1.807, 2.05) is 32.0 Å². The summed E-state index contributed by atoms with van der Waals surface area (Å²) >= 11 is 0. The van der Waals surface area contributed by atoms with Gasteiger partial charge in [-0.2, -0.15) is 0 Å². The van der Waals surface area contributed by atoms with Crippen molar-refractivity contribution in [1.82, 2.24) is 15.5 Å². The number of nitrogens with zero attached hydrogens (tertiary/aromatic N) is 1. The fourth-order valence-electron chi connectivity index (χ4n) is 4.49. The Labute approximate surface area is 272 Å². The van der Waals surface area contributed by atoms with E-state index in [1.165, 1.54) is 18.2 Å². The fraction of sp³-hybridized carbons (Fsp3) is 0.543. The minimum Gasteiger partial charge on any atom is -0.484 e. The van der Waals surface area contributed by atoms with E-state index < -0.39 is 40.5 Å². The van der Waals surface area contributed by atoms with Crippen LogP contribution in [0.2, 0.25) is 0 Å². The van der Waals surface area contributed by atoms with Crippen LogP contribution in [0, 0.1) is 10.8 Å². The highest BCUT2D eigenvalue weighted by molar-refractivity contribution is 5.88. The predicted octanol–water partition coefficient (Wildman–Crippen LogP) is 4.18. The maximum atomic E-state index is 13.1. The van der Waals surface area contributed by atoms with Crippen LogP contribution in [0.1, 0.15) is 79.9 Å². The number of carbonyl (C=O) groups excluding carboxylic acids is 4. The van der Waals surface area contributed by atoms with E-state index >= 15 is 0 Å². The second kappa shape index (κ2) is 15.1. The molecule has 11 heteroatoms. The summed E-state index contributed by atoms with van der Waals surface area (Å²) in [7, 11) is 0. The van der Waals surface area contributed by atoms with Gasteiger partial charge in [-0.3, -0.25) is 19.2 Å². The van der Waals surface area contributed by atoms with E-state index in [2.05, 4.69) is 10.6 Å². The first kappa shape index (κ1) is 36.5. The van der Waals surface area contributed by atoms with Crippen LogP contribution in [0.15, 0.2) is 48.5 Å². The Bertz CT molecular complexity index is 1330. The van der Waals surface area contributed by atoms with Gasteiger partial charge < -0.3 is 34.9 Å². The van der Waals surface area contributed by atoms with Gasteiger partial charge in [0.15, 0.2) is 6.61 Å². The predicted molar refractivity (Wildman–Crippen MR) is 173 cm³/mol. The Morgan fingerprint density at radius 2 is 1.43 bits per heavy atom. The number of carbonyl (C=O) groups is 4. The molecule has 46 heavy (non-hydrogen) atoms. The number of hydrogen-bond donors (Lipinski definition) is 3. The van der Waals surface area contributed by atoms with Crippen LogP contribution in [-0.4, -0.2) is 71.6 Å². The second-order valence-corrected chi connectivity index (χ2v) is 14.4. The Hall–Kier alpha value is -3.96. The van der Waals surface area contributed by atoms with E-state index in [4.69, 9.17) is 14.2 Å². The third-order valence-corrected chi connectivity index (χ3v) is 7.39. The highest BCUT2D eigenvalue weighted by Gasteiger charge is 2.35. The van der Waals surface area contributed by atoms with Crippen LogP contribution >= 0.6 is 0 Å². The monoisotopic (exact) mass is 639 g/mol. The molecule has 1 saturated heterocycles. The lowest BCUT2D eigenvalue weighted by molar-refractivity contribution is -0.143. The quantitative estimate of drug-likeness (QED) is 0.230. The van der Waals surface area contributed by atoms with Crippen molar-refractivity contribution in [3.05, 3.63) is 54.1 Å². The van der Waals surface area contributed by atoms with Crippen molar-refractivity contribution >= 4 is 23.8 Å². The molecular weight excluding hydrogens is 590 g/mol. The van der Waals surface area contributed by atoms with E-state index in [-0.39, 0.29) is 43.0 Å². The number of aliphatic hydroxyl groups is 1. The lowest BCUT2D eigenvalue weighted by Gasteiger charge is -2.30. The van der Waals surface area contributed by atoms with Gasteiger partial charge in [0.1, 0.15) is 23.3 Å². The topological polar surface area (TPSA) is 144 Å². The standard InChI is InChI=1S/C35H49N3O8/c1-33(2,3)31(42)45-25-17-23(18-26(19-25)46-32(43)34(4,5)6)28(39)20-37-35(7,8)22-36-30(41)27-15-12-16-38(27)29(40)21-44-24-13-10-9-11-14-24/h9-11,13-14,17-19,27-28,37,39H,12,15-16,20-22H2,1-8H3,(H,36,41)/t27-,28?/m1/s1. The molecule has 1 unspecified atom stereocenters. The summed E-state index contributed by atoms with van der Waals surface area (Å²) in [5.74, 6) is -0.577. The molecule has 1 aliphatic heterocycles. The highest BCUT2D eigenvalue weighted by atomic mass is 16.5. The molecule has 0 radical (unpaired) electrons. The normalized spacial score (nSPS) is 16.0. The zero-order valence-corrected chi connectivity index (χ0v) is 28.3. The minimum atomic E-state index is -1.07. The number of likely N-dealkylation sites (tertiary alicyclic amines) is 1. The van der Waals surface area contributed by atoms with Crippen LogP contribution < -0.4 is 24.8 Å². The van der Waals surface area contributed by atoms with Gasteiger partial charge in [-0.15, -0.1) is 0 Å². The zero-order chi connectivity index (χ0) is 34.3. The van der Waals surface area contributed by atoms with Crippen molar-refractivity contribution in [2.45, 2.75) is 85.9 Å². The Morgan fingerprint density at radius 3 is 1.98 bits per heavy atom. The number of ether oxygens (including phenoxy) is 3. The molecule has 1 aliphatic rings. The van der Waals surface area contributed by atoms with Crippen molar-refractivity contribution in [2.24, 2.45) is 10.8 Å². The van der Waals surface area contributed by atoms with Crippen molar-refractivity contribution in [3.63, 3.8) is 0 Å². The molecule has 1 heterocycles. The maximum absolute atomic E-state index is 13.1. The van der Waals surface area contributed by atoms with Crippen LogP contribution in [0.4, 0.5) is 0 Å². The molecule has 3 rings (SSSR count). The summed E-state index contributed by atoms with van der Waals surface area (Å²) in [5.41, 5.74) is -1.81. The molecule has 0 bridgehead atoms. The number of β-amino-alcohol motifs (C(OH)–C–C–N with tert-alkyl or cyclic N) is 1. The summed E-state index contributed by atoms with van der Waals surface area (Å²) in [6.45, 7) is 14.8. The lowest BCUT2D eigenvalue weighted by atomic mass is 9.97. The average Bonchev–Trinajstić information content (AvgIpc) is 3.47. The van der Waals surface area contributed by atoms with Crippen LogP contribution in [-0.2, 0) is 19.2 Å². The number of benzene rings is 2. The van der Waals surface area contributed by atoms with Gasteiger partial charge in [0.05, 0.1) is 16.9 Å². The van der Waals surface area contributed by atoms with Gasteiger partial charge in [-0.05, 0) is 98.1 Å². The molecule has 11 nitrogen and oxygen atoms in total. The van der Waals surface area contributed by atoms with Gasteiger partial charge in [0, 0.05) is 31.2 Å². The van der Waals surface area contributed by atoms with Gasteiger partial charge >= 0.3 is 11.9 Å². The van der Waals surface area contributed by atoms with E-state index in [0.717, 1.165) is 6.42 Å². The lowest BCUT2D eigenvalue weighted by Crippen LogP contribution is -2.54. The third kappa shape index (κ3) is 10.8. The van der Waals surface area contributed by atoms with Crippen molar-refractivity contribution in [3.8, 4) is 17.2 Å². The van der Waals surface area contributed by atoms with Crippen molar-refractivity contribution < 1.29 is 38.5 Å². The third-order valence-electron chi connectivity index (χ3n) is 7.39. The molecule has 2 amide bonds. The van der Waals surface area contributed by atoms with Gasteiger partial charge in [0.2, 0.25) is 5.91 Å². The maximum Gasteiger partial charge on any atom is 0.316 e. The van der Waals surface area contributed by atoms with E-state index in [1.54, 1.807) is 58.6 Å². The van der Waals surface area contributed by atoms with Crippen molar-refractivity contribution in [2.75, 3.05) is 26.2 Å². The molecule has 3 N–H and O–H groups in total. The minimum absolute atomic E-state index is 0.0804. The molecule has 2 aromatic carbocycles. The zero-order valence-electron chi connectivity index (χ0n) is 28.3. The smallest absolute Gasteiger partial charge is 0.316 e. The fourth-order valence-corrected chi connectivity index (χ4v) is 4.49. The number of aliphatic hydroxyl groups excluding tert-OH is 1. The average molecular weight is 640 g/mol. The largest absolute Gasteiger partial charge is 0.484 e. The molecule has 0 aliphatic carbocycles. The van der Waals surface area contributed by atoms with Gasteiger partial charge in [-0.1, -0.05) is 18.2 Å². The van der Waals surface area contributed by atoms with E-state index in [0.29, 0.717) is 24.3 Å². The Morgan fingerprint density at radius 1 is 0.870 bits per heavy atom. The molecule has 2 atom stereocenters. The first-order chi connectivity index (χ1) is 21.4. The van der Waals surface area contributed by atoms with Crippen LogP contribution in [0.3, 0.4) is 0 Å². The molecule has 0 spiro atoms. The Balaban J connectivity index is 1.61. The number of esters is 2. The van der Waals surface area contributed by atoms with Crippen LogP contribution in [0.5, 0.6) is 17.2 Å². The summed E-state index contributed by atoms with van der Waals surface area (Å²) in [5, 5.41) is 17.3. The summed E-state index contributed by atoms with van der Waals surface area (Å²) in [6, 6.07) is 13.0. The molecule has 252 valence electrons. The number of nitrogens with one attached hydrogen (secondary N) is 2. The molecule has 2 aromatic rings. The summed E-state index contributed by atoms with van der Waals surface area (Å²) in [6.07, 6.45) is 0.219. The number of rotatable bonds is 12. The second-order valence-electron chi connectivity index (χ2n) is 14.4. The summed E-state index contributed by atoms with van der Waals surface area (Å²) < 4.78 is 16.7. The molecule has 0 aromatic heterocycles. The first-order valence-corrected chi connectivity index (χ1v) is 15.6. The van der Waals surface area contributed by atoms with E-state index in [9.17, 15) is 24.3 Å². The molecular formula is C35H49N3O8. The number of amides is 2. The summed E-state index contributed by atoms with van der Waals surface area (Å²) in [4.78, 5) is 52.7. The number of hydrogen-bond acceptors (Lipinski definition) is 9. The van der Waals surface area contributed by atoms with Gasteiger partial charge in [0.25, 0.3) is 5.91 Å². The van der Waals surface area contributed by atoms with Crippen molar-refractivity contribution in [1.29, 1.82) is 0 Å². The molecule has 0 saturated carbocycles. The number of para-hydroxylation sites is 1.